The minimum absolute atomic E-state index is 0.0745. The van der Waals surface area contributed by atoms with Gasteiger partial charge >= 0.3 is 17.9 Å². The summed E-state index contributed by atoms with van der Waals surface area (Å²) in [6.45, 7) is 6.64. The predicted octanol–water partition coefficient (Wildman–Crippen LogP) is 20.0. The molecule has 0 amide bonds. The van der Waals surface area contributed by atoms with Gasteiger partial charge in [0.25, 0.3) is 0 Å². The van der Waals surface area contributed by atoms with Crippen molar-refractivity contribution in [2.75, 3.05) is 13.2 Å². The molecule has 1 atom stereocenters. The summed E-state index contributed by atoms with van der Waals surface area (Å²) in [6, 6.07) is 0. The minimum atomic E-state index is -0.777. The Morgan fingerprint density at radius 1 is 0.294 bits per heavy atom. The van der Waals surface area contributed by atoms with E-state index < -0.39 is 6.10 Å². The lowest BCUT2D eigenvalue weighted by Crippen LogP contribution is -2.30. The first-order chi connectivity index (χ1) is 33.5. The molecule has 6 heteroatoms. The zero-order valence-corrected chi connectivity index (χ0v) is 45.6. The largest absolute Gasteiger partial charge is 0.462 e. The number of ether oxygens (including phenoxy) is 3. The molecular weight excluding hydrogens is 841 g/mol. The first kappa shape index (κ1) is 65.6. The standard InChI is InChI=1S/C62H114O6/c1-4-7-10-13-16-19-22-25-27-29-30-31-32-34-36-38-41-44-47-50-53-56-62(65)68-59(57-66-60(63)54-51-48-45-42-39-24-21-18-15-12-9-6-3)58-67-61(64)55-52-49-46-43-40-37-35-33-28-26-23-20-17-14-11-8-5-2/h17,20,26,28,35,37,59H,4-16,18-19,21-25,27,29-34,36,38-58H2,1-3H3/b20-17-,28-26-,37-35-/t59-/m0/s1. The Balaban J connectivity index is 4.31. The molecule has 0 rings (SSSR count). The van der Waals surface area contributed by atoms with E-state index in [1.807, 2.05) is 0 Å². The van der Waals surface area contributed by atoms with Crippen molar-refractivity contribution in [2.45, 2.75) is 329 Å². The van der Waals surface area contributed by atoms with Gasteiger partial charge in [-0.3, -0.25) is 14.4 Å². The first-order valence-electron chi connectivity index (χ1n) is 30.0. The fourth-order valence-electron chi connectivity index (χ4n) is 8.86. The van der Waals surface area contributed by atoms with E-state index in [1.54, 1.807) is 0 Å². The van der Waals surface area contributed by atoms with Gasteiger partial charge in [0.15, 0.2) is 6.10 Å². The lowest BCUT2D eigenvalue weighted by molar-refractivity contribution is -0.167. The quantitative estimate of drug-likeness (QED) is 0.0262. The molecule has 0 aromatic carbocycles. The van der Waals surface area contributed by atoms with Crippen LogP contribution in [0.4, 0.5) is 0 Å². The molecule has 0 spiro atoms. The molecule has 0 radical (unpaired) electrons. The van der Waals surface area contributed by atoms with Crippen LogP contribution in [0.15, 0.2) is 36.5 Å². The maximum atomic E-state index is 12.9. The topological polar surface area (TPSA) is 78.9 Å². The molecule has 6 nitrogen and oxygen atoms in total. The van der Waals surface area contributed by atoms with Gasteiger partial charge in [0.1, 0.15) is 13.2 Å². The SMILES string of the molecule is CCCCC/C=C\C/C=C\C/C=C\CCCCCCC(=O)OC[C@H](COC(=O)CCCCCCCCCCCCCC)OC(=O)CCCCCCCCCCCCCCCCCCCCCCC. The summed E-state index contributed by atoms with van der Waals surface area (Å²) in [7, 11) is 0. The third-order valence-electron chi connectivity index (χ3n) is 13.4. The maximum Gasteiger partial charge on any atom is 0.306 e. The van der Waals surface area contributed by atoms with Gasteiger partial charge in [-0.15, -0.1) is 0 Å². The summed E-state index contributed by atoms with van der Waals surface area (Å²) in [5, 5.41) is 0. The van der Waals surface area contributed by atoms with Crippen molar-refractivity contribution in [1.29, 1.82) is 0 Å². The van der Waals surface area contributed by atoms with Gasteiger partial charge in [0.2, 0.25) is 0 Å². The van der Waals surface area contributed by atoms with Gasteiger partial charge < -0.3 is 14.2 Å². The van der Waals surface area contributed by atoms with Crippen molar-refractivity contribution in [1.82, 2.24) is 0 Å². The highest BCUT2D eigenvalue weighted by Crippen LogP contribution is 2.17. The third kappa shape index (κ3) is 54.6. The summed E-state index contributed by atoms with van der Waals surface area (Å²) in [4.78, 5) is 38.2. The van der Waals surface area contributed by atoms with Crippen LogP contribution in [0.25, 0.3) is 0 Å². The molecule has 398 valence electrons. The van der Waals surface area contributed by atoms with E-state index >= 15 is 0 Å². The van der Waals surface area contributed by atoms with Crippen LogP contribution in [0.1, 0.15) is 323 Å². The second kappa shape index (κ2) is 57.2. The van der Waals surface area contributed by atoms with E-state index in [4.69, 9.17) is 14.2 Å². The Morgan fingerprint density at radius 3 is 0.853 bits per heavy atom. The van der Waals surface area contributed by atoms with E-state index in [9.17, 15) is 14.4 Å². The van der Waals surface area contributed by atoms with E-state index in [0.717, 1.165) is 83.5 Å². The predicted molar refractivity (Wildman–Crippen MR) is 293 cm³/mol. The monoisotopic (exact) mass is 955 g/mol. The van der Waals surface area contributed by atoms with E-state index in [0.29, 0.717) is 19.3 Å². The molecule has 0 aliphatic heterocycles. The highest BCUT2D eigenvalue weighted by molar-refractivity contribution is 5.71. The van der Waals surface area contributed by atoms with Crippen LogP contribution in [-0.2, 0) is 28.6 Å². The zero-order chi connectivity index (χ0) is 49.3. The van der Waals surface area contributed by atoms with Gasteiger partial charge in [-0.2, -0.15) is 0 Å². The summed E-state index contributed by atoms with van der Waals surface area (Å²) in [6.07, 6.45) is 68.5. The molecule has 0 unspecified atom stereocenters. The number of unbranched alkanes of at least 4 members (excludes halogenated alkanes) is 38. The first-order valence-corrected chi connectivity index (χ1v) is 30.0. The fraction of sp³-hybridized carbons (Fsp3) is 0.855. The van der Waals surface area contributed by atoms with Crippen LogP contribution < -0.4 is 0 Å². The molecule has 0 saturated heterocycles. The van der Waals surface area contributed by atoms with E-state index in [2.05, 4.69) is 57.2 Å². The van der Waals surface area contributed by atoms with Crippen molar-refractivity contribution < 1.29 is 28.6 Å². The molecule has 0 fully saturated rings. The smallest absolute Gasteiger partial charge is 0.306 e. The van der Waals surface area contributed by atoms with Crippen molar-refractivity contribution in [3.05, 3.63) is 36.5 Å². The summed E-state index contributed by atoms with van der Waals surface area (Å²) < 4.78 is 16.9. The Bertz CT molecular complexity index is 1140. The molecule has 0 aliphatic rings. The lowest BCUT2D eigenvalue weighted by Gasteiger charge is -2.18. The lowest BCUT2D eigenvalue weighted by atomic mass is 10.0. The number of carbonyl (C=O) groups excluding carboxylic acids is 3. The fourth-order valence-corrected chi connectivity index (χ4v) is 8.86. The molecular formula is C62H114O6. The van der Waals surface area contributed by atoms with Crippen LogP contribution in [0.3, 0.4) is 0 Å². The van der Waals surface area contributed by atoms with Gasteiger partial charge in [0.05, 0.1) is 0 Å². The molecule has 0 heterocycles. The maximum absolute atomic E-state index is 12.9. The highest BCUT2D eigenvalue weighted by atomic mass is 16.6. The van der Waals surface area contributed by atoms with Crippen molar-refractivity contribution in [2.24, 2.45) is 0 Å². The number of carbonyl (C=O) groups is 3. The van der Waals surface area contributed by atoms with Gasteiger partial charge in [-0.05, 0) is 57.8 Å². The normalized spacial score (nSPS) is 12.2. The van der Waals surface area contributed by atoms with Crippen LogP contribution in [0.5, 0.6) is 0 Å². The molecule has 0 N–H and O–H groups in total. The molecule has 0 aromatic heterocycles. The molecule has 0 bridgehead atoms. The number of hydrogen-bond donors (Lipinski definition) is 0. The van der Waals surface area contributed by atoms with Crippen LogP contribution in [0, 0.1) is 0 Å². The van der Waals surface area contributed by atoms with Crippen molar-refractivity contribution in [3.63, 3.8) is 0 Å². The average molecular weight is 956 g/mol. The molecule has 0 aromatic rings. The van der Waals surface area contributed by atoms with Gasteiger partial charge in [-0.1, -0.05) is 282 Å². The van der Waals surface area contributed by atoms with Crippen molar-refractivity contribution in [3.8, 4) is 0 Å². The van der Waals surface area contributed by atoms with Crippen LogP contribution in [-0.4, -0.2) is 37.2 Å². The van der Waals surface area contributed by atoms with E-state index in [1.165, 1.54) is 199 Å². The number of esters is 3. The average Bonchev–Trinajstić information content (AvgIpc) is 3.34. The number of rotatable bonds is 55. The zero-order valence-electron chi connectivity index (χ0n) is 45.6. The summed E-state index contributed by atoms with van der Waals surface area (Å²) in [5.74, 6) is -0.877. The second-order valence-electron chi connectivity index (χ2n) is 20.3. The summed E-state index contributed by atoms with van der Waals surface area (Å²) in [5.41, 5.74) is 0. The Labute approximate surface area is 423 Å². The molecule has 0 saturated carbocycles. The van der Waals surface area contributed by atoms with Gasteiger partial charge in [-0.25, -0.2) is 0 Å². The summed E-state index contributed by atoms with van der Waals surface area (Å²) >= 11 is 0. The van der Waals surface area contributed by atoms with Crippen LogP contribution >= 0.6 is 0 Å². The Morgan fingerprint density at radius 2 is 0.529 bits per heavy atom. The third-order valence-corrected chi connectivity index (χ3v) is 13.4. The Kier molecular flexibility index (Phi) is 55.2. The molecule has 68 heavy (non-hydrogen) atoms. The molecule has 0 aliphatic carbocycles. The number of allylic oxidation sites excluding steroid dienone is 6. The number of hydrogen-bond acceptors (Lipinski definition) is 6. The van der Waals surface area contributed by atoms with E-state index in [-0.39, 0.29) is 31.1 Å². The second-order valence-corrected chi connectivity index (χ2v) is 20.3. The minimum Gasteiger partial charge on any atom is -0.462 e. The van der Waals surface area contributed by atoms with Gasteiger partial charge in [0, 0.05) is 19.3 Å². The Hall–Kier alpha value is -2.37. The highest BCUT2D eigenvalue weighted by Gasteiger charge is 2.19. The van der Waals surface area contributed by atoms with Crippen molar-refractivity contribution >= 4 is 17.9 Å². The van der Waals surface area contributed by atoms with Crippen LogP contribution in [0.2, 0.25) is 0 Å².